The molecule has 1 rings (SSSR count). The SMILES string of the molecule is CCC(=O)CCc1cn(CCC(=O)NCC(C)C)nn1.[HH]. The summed E-state index contributed by atoms with van der Waals surface area (Å²) in [6.07, 6.45) is 3.88. The molecule has 0 radical (unpaired) electrons. The van der Waals surface area contributed by atoms with Crippen molar-refractivity contribution in [1.29, 1.82) is 0 Å². The summed E-state index contributed by atoms with van der Waals surface area (Å²) in [5.41, 5.74) is 0.800. The fourth-order valence-corrected chi connectivity index (χ4v) is 1.63. The van der Waals surface area contributed by atoms with Crippen molar-refractivity contribution in [2.45, 2.75) is 53.0 Å². The van der Waals surface area contributed by atoms with Crippen LogP contribution in [0, 0.1) is 5.92 Å². The van der Waals surface area contributed by atoms with E-state index < -0.39 is 0 Å². The Bertz CT molecular complexity index is 446. The van der Waals surface area contributed by atoms with Crippen LogP contribution in [0.25, 0.3) is 0 Å². The third-order valence-corrected chi connectivity index (χ3v) is 2.92. The summed E-state index contributed by atoms with van der Waals surface area (Å²) in [7, 11) is 0. The van der Waals surface area contributed by atoms with Gasteiger partial charge in [-0.25, -0.2) is 0 Å². The van der Waals surface area contributed by atoms with Gasteiger partial charge in [-0.3, -0.25) is 14.3 Å². The number of amides is 1. The lowest BCUT2D eigenvalue weighted by atomic mass is 10.1. The molecule has 1 amide bonds. The molecule has 0 fully saturated rings. The van der Waals surface area contributed by atoms with Gasteiger partial charge in [-0.15, -0.1) is 5.10 Å². The Balaban J connectivity index is 0.00000400. The van der Waals surface area contributed by atoms with Gasteiger partial charge in [-0.2, -0.15) is 0 Å². The second-order valence-corrected chi connectivity index (χ2v) is 5.31. The van der Waals surface area contributed by atoms with Crippen LogP contribution in [0.2, 0.25) is 0 Å². The van der Waals surface area contributed by atoms with Gasteiger partial charge in [0, 0.05) is 33.4 Å². The van der Waals surface area contributed by atoms with E-state index in [2.05, 4.69) is 29.5 Å². The summed E-state index contributed by atoms with van der Waals surface area (Å²) in [5, 5.41) is 10.8. The van der Waals surface area contributed by atoms with Gasteiger partial charge < -0.3 is 5.32 Å². The zero-order valence-electron chi connectivity index (χ0n) is 12.6. The summed E-state index contributed by atoms with van der Waals surface area (Å²) in [5.74, 6) is 0.706. The number of aryl methyl sites for hydroxylation is 2. The number of ketones is 1. The molecule has 0 atom stereocenters. The fraction of sp³-hybridized carbons (Fsp3) is 0.714. The van der Waals surface area contributed by atoms with E-state index in [-0.39, 0.29) is 13.1 Å². The molecule has 1 heterocycles. The van der Waals surface area contributed by atoms with E-state index in [1.165, 1.54) is 0 Å². The molecular weight excluding hydrogens is 256 g/mol. The predicted octanol–water partition coefficient (Wildman–Crippen LogP) is 1.60. The number of carbonyl (C=O) groups is 2. The van der Waals surface area contributed by atoms with Crippen molar-refractivity contribution < 1.29 is 11.0 Å². The molecule has 20 heavy (non-hydrogen) atoms. The fourth-order valence-electron chi connectivity index (χ4n) is 1.63. The Kier molecular flexibility index (Phi) is 6.90. The third kappa shape index (κ3) is 6.45. The summed E-state index contributed by atoms with van der Waals surface area (Å²) in [4.78, 5) is 22.8. The first-order valence-electron chi connectivity index (χ1n) is 7.18. The summed E-state index contributed by atoms with van der Waals surface area (Å²) < 4.78 is 1.65. The van der Waals surface area contributed by atoms with Crippen LogP contribution in [0.5, 0.6) is 0 Å². The number of rotatable bonds is 9. The predicted molar refractivity (Wildman–Crippen MR) is 78.2 cm³/mol. The number of nitrogens with zero attached hydrogens (tertiary/aromatic N) is 3. The maximum absolute atomic E-state index is 11.6. The van der Waals surface area contributed by atoms with Gasteiger partial charge in [0.15, 0.2) is 0 Å². The Morgan fingerprint density at radius 1 is 1.40 bits per heavy atom. The highest BCUT2D eigenvalue weighted by molar-refractivity contribution is 5.78. The lowest BCUT2D eigenvalue weighted by Gasteiger charge is -2.07. The second kappa shape index (κ2) is 8.45. The minimum atomic E-state index is 0. The topological polar surface area (TPSA) is 76.9 Å². The van der Waals surface area contributed by atoms with E-state index >= 15 is 0 Å². The lowest BCUT2D eigenvalue weighted by molar-refractivity contribution is -0.121. The van der Waals surface area contributed by atoms with Gasteiger partial charge in [-0.05, 0) is 12.3 Å². The number of carbonyl (C=O) groups excluding carboxylic acids is 2. The largest absolute Gasteiger partial charge is 0.356 e. The minimum Gasteiger partial charge on any atom is -0.356 e. The molecule has 0 bridgehead atoms. The number of hydrogen-bond acceptors (Lipinski definition) is 4. The number of hydrogen-bond donors (Lipinski definition) is 1. The van der Waals surface area contributed by atoms with Crippen LogP contribution >= 0.6 is 0 Å². The normalized spacial score (nSPS) is 10.8. The summed E-state index contributed by atoms with van der Waals surface area (Å²) in [6, 6.07) is 0. The Hall–Kier alpha value is -1.72. The van der Waals surface area contributed by atoms with Crippen molar-refractivity contribution in [2.24, 2.45) is 5.92 Å². The molecule has 0 saturated carbocycles. The molecular formula is C14H26N4O2. The smallest absolute Gasteiger partial charge is 0.221 e. The Labute approximate surface area is 121 Å². The van der Waals surface area contributed by atoms with E-state index in [4.69, 9.17) is 0 Å². The maximum Gasteiger partial charge on any atom is 0.221 e. The van der Waals surface area contributed by atoms with Gasteiger partial charge >= 0.3 is 0 Å². The van der Waals surface area contributed by atoms with Crippen LogP contribution in [-0.4, -0.2) is 33.2 Å². The first-order chi connectivity index (χ1) is 9.51. The lowest BCUT2D eigenvalue weighted by Crippen LogP contribution is -2.28. The van der Waals surface area contributed by atoms with E-state index in [0.717, 1.165) is 5.69 Å². The van der Waals surface area contributed by atoms with Gasteiger partial charge in [0.25, 0.3) is 0 Å². The third-order valence-electron chi connectivity index (χ3n) is 2.92. The van der Waals surface area contributed by atoms with Crippen LogP contribution in [-0.2, 0) is 22.6 Å². The molecule has 0 saturated heterocycles. The summed E-state index contributed by atoms with van der Waals surface area (Å²) >= 11 is 0. The molecule has 1 aromatic rings. The molecule has 0 aromatic carbocycles. The molecule has 0 aliphatic rings. The molecule has 0 aliphatic heterocycles. The van der Waals surface area contributed by atoms with Gasteiger partial charge in [0.2, 0.25) is 5.91 Å². The molecule has 0 aliphatic carbocycles. The summed E-state index contributed by atoms with van der Waals surface area (Å²) in [6.45, 7) is 7.18. The van der Waals surface area contributed by atoms with Crippen LogP contribution < -0.4 is 5.32 Å². The minimum absolute atomic E-state index is 0. The number of nitrogens with one attached hydrogen (secondary N) is 1. The van der Waals surface area contributed by atoms with Gasteiger partial charge in [0.1, 0.15) is 5.78 Å². The van der Waals surface area contributed by atoms with Crippen molar-refractivity contribution >= 4 is 11.7 Å². The van der Waals surface area contributed by atoms with Crippen LogP contribution in [0.3, 0.4) is 0 Å². The van der Waals surface area contributed by atoms with E-state index in [1.54, 1.807) is 10.9 Å². The molecule has 6 heteroatoms. The van der Waals surface area contributed by atoms with Crippen molar-refractivity contribution in [3.63, 3.8) is 0 Å². The molecule has 6 nitrogen and oxygen atoms in total. The average Bonchev–Trinajstić information content (AvgIpc) is 2.88. The van der Waals surface area contributed by atoms with Crippen LogP contribution in [0.4, 0.5) is 0 Å². The van der Waals surface area contributed by atoms with Crippen molar-refractivity contribution in [1.82, 2.24) is 20.3 Å². The quantitative estimate of drug-likeness (QED) is 0.746. The van der Waals surface area contributed by atoms with E-state index in [9.17, 15) is 9.59 Å². The van der Waals surface area contributed by atoms with E-state index in [1.807, 2.05) is 6.92 Å². The molecule has 0 spiro atoms. The van der Waals surface area contributed by atoms with Crippen LogP contribution in [0.15, 0.2) is 6.20 Å². The van der Waals surface area contributed by atoms with Gasteiger partial charge in [0.05, 0.1) is 12.2 Å². The Morgan fingerprint density at radius 3 is 2.80 bits per heavy atom. The zero-order valence-corrected chi connectivity index (χ0v) is 12.6. The average molecular weight is 282 g/mol. The zero-order chi connectivity index (χ0) is 15.0. The standard InChI is InChI=1S/C14H24N4O2.H2/c1-4-13(19)6-5-12-10-18(17-16-12)8-7-14(20)15-9-11(2)3;/h10-11H,4-9H2,1-3H3,(H,15,20);1H. The highest BCUT2D eigenvalue weighted by Gasteiger charge is 2.06. The monoisotopic (exact) mass is 282 g/mol. The molecule has 0 unspecified atom stereocenters. The molecule has 1 N–H and O–H groups in total. The number of Topliss-reactive ketones (excluding diaryl/α,β-unsaturated/α-hetero) is 1. The first kappa shape index (κ1) is 16.3. The van der Waals surface area contributed by atoms with Gasteiger partial charge in [-0.1, -0.05) is 26.0 Å². The highest BCUT2D eigenvalue weighted by atomic mass is 16.1. The molecule has 114 valence electrons. The first-order valence-corrected chi connectivity index (χ1v) is 7.18. The van der Waals surface area contributed by atoms with E-state index in [0.29, 0.717) is 44.7 Å². The molecule has 1 aromatic heterocycles. The number of aromatic nitrogens is 3. The Morgan fingerprint density at radius 2 is 2.15 bits per heavy atom. The van der Waals surface area contributed by atoms with Crippen molar-refractivity contribution in [3.05, 3.63) is 11.9 Å². The second-order valence-electron chi connectivity index (χ2n) is 5.31. The van der Waals surface area contributed by atoms with Crippen LogP contribution in [0.1, 0.15) is 47.2 Å². The van der Waals surface area contributed by atoms with Crippen molar-refractivity contribution in [3.8, 4) is 0 Å². The van der Waals surface area contributed by atoms with Crippen molar-refractivity contribution in [2.75, 3.05) is 6.54 Å². The highest BCUT2D eigenvalue weighted by Crippen LogP contribution is 2.01. The maximum atomic E-state index is 11.6.